The standard InChI is InChI=1S/C17H22BrN3/c1-2-11-3-5-13(6-4-11)21-16-8-7-15(19)14-9-12(18)10-20-17(14)16/h7-11,13,21H,2-6,19H2,1H3. The van der Waals surface area contributed by atoms with E-state index in [9.17, 15) is 0 Å². The third-order valence-electron chi connectivity index (χ3n) is 4.63. The van der Waals surface area contributed by atoms with Gasteiger partial charge in [0, 0.05) is 27.8 Å². The van der Waals surface area contributed by atoms with Crippen LogP contribution >= 0.6 is 15.9 Å². The number of nitrogens with two attached hydrogens (primary N) is 1. The van der Waals surface area contributed by atoms with Gasteiger partial charge >= 0.3 is 0 Å². The molecule has 3 N–H and O–H groups in total. The monoisotopic (exact) mass is 347 g/mol. The number of nitrogens with one attached hydrogen (secondary N) is 1. The third-order valence-corrected chi connectivity index (χ3v) is 5.07. The zero-order valence-electron chi connectivity index (χ0n) is 12.4. The molecule has 21 heavy (non-hydrogen) atoms. The smallest absolute Gasteiger partial charge is 0.0954 e. The first kappa shape index (κ1) is 14.6. The fraction of sp³-hybridized carbons (Fsp3) is 0.471. The molecule has 1 aliphatic rings. The van der Waals surface area contributed by atoms with Crippen LogP contribution in [0.25, 0.3) is 10.9 Å². The van der Waals surface area contributed by atoms with Crippen LogP contribution in [0.4, 0.5) is 11.4 Å². The molecule has 2 aromatic rings. The Morgan fingerprint density at radius 2 is 2.05 bits per heavy atom. The van der Waals surface area contributed by atoms with Crippen LogP contribution in [-0.2, 0) is 0 Å². The summed E-state index contributed by atoms with van der Waals surface area (Å²) in [7, 11) is 0. The summed E-state index contributed by atoms with van der Waals surface area (Å²) in [5, 5.41) is 4.69. The zero-order valence-corrected chi connectivity index (χ0v) is 14.0. The first-order valence-electron chi connectivity index (χ1n) is 7.77. The van der Waals surface area contributed by atoms with Crippen molar-refractivity contribution < 1.29 is 0 Å². The van der Waals surface area contributed by atoms with Gasteiger partial charge in [0.2, 0.25) is 0 Å². The molecule has 0 amide bonds. The maximum absolute atomic E-state index is 6.07. The number of rotatable bonds is 3. The van der Waals surface area contributed by atoms with Crippen molar-refractivity contribution in [1.82, 2.24) is 4.98 Å². The summed E-state index contributed by atoms with van der Waals surface area (Å²) in [6.07, 6.45) is 8.32. The Morgan fingerprint density at radius 3 is 2.76 bits per heavy atom. The maximum Gasteiger partial charge on any atom is 0.0954 e. The fourth-order valence-electron chi connectivity index (χ4n) is 3.27. The number of benzene rings is 1. The number of halogens is 1. The third kappa shape index (κ3) is 3.15. The number of nitrogens with zero attached hydrogens (tertiary/aromatic N) is 1. The van der Waals surface area contributed by atoms with Gasteiger partial charge in [0.1, 0.15) is 0 Å². The Bertz CT molecular complexity index is 633. The molecular formula is C17H22BrN3. The lowest BCUT2D eigenvalue weighted by Gasteiger charge is -2.29. The molecule has 0 spiro atoms. The van der Waals surface area contributed by atoms with Crippen molar-refractivity contribution in [3.63, 3.8) is 0 Å². The van der Waals surface area contributed by atoms with E-state index in [0.29, 0.717) is 6.04 Å². The van der Waals surface area contributed by atoms with E-state index in [0.717, 1.165) is 32.7 Å². The Balaban J connectivity index is 1.83. The van der Waals surface area contributed by atoms with Gasteiger partial charge in [-0.25, -0.2) is 0 Å². The second kappa shape index (κ2) is 6.22. The summed E-state index contributed by atoms with van der Waals surface area (Å²) in [5.74, 6) is 0.917. The highest BCUT2D eigenvalue weighted by atomic mass is 79.9. The Kier molecular flexibility index (Phi) is 4.34. The zero-order chi connectivity index (χ0) is 14.8. The number of hydrogen-bond donors (Lipinski definition) is 2. The van der Waals surface area contributed by atoms with Crippen LogP contribution in [0.3, 0.4) is 0 Å². The predicted octanol–water partition coefficient (Wildman–Crippen LogP) is 4.96. The fourth-order valence-corrected chi connectivity index (χ4v) is 3.60. The Labute approximate surface area is 134 Å². The average molecular weight is 348 g/mol. The molecule has 1 aliphatic carbocycles. The summed E-state index contributed by atoms with van der Waals surface area (Å²) in [5.41, 5.74) is 8.92. The molecule has 0 unspecified atom stereocenters. The minimum absolute atomic E-state index is 0.560. The maximum atomic E-state index is 6.07. The molecule has 1 saturated carbocycles. The van der Waals surface area contributed by atoms with Gasteiger partial charge in [0.25, 0.3) is 0 Å². The van der Waals surface area contributed by atoms with Crippen LogP contribution < -0.4 is 11.1 Å². The molecule has 0 saturated heterocycles. The van der Waals surface area contributed by atoms with Crippen molar-refractivity contribution in [3.8, 4) is 0 Å². The number of hydrogen-bond acceptors (Lipinski definition) is 3. The number of aromatic nitrogens is 1. The van der Waals surface area contributed by atoms with Gasteiger partial charge < -0.3 is 11.1 Å². The lowest BCUT2D eigenvalue weighted by atomic mass is 9.84. The minimum Gasteiger partial charge on any atom is -0.398 e. The SMILES string of the molecule is CCC1CCC(Nc2ccc(N)c3cc(Br)cnc23)CC1. The van der Waals surface area contributed by atoms with Crippen molar-refractivity contribution in [1.29, 1.82) is 0 Å². The van der Waals surface area contributed by atoms with Crippen LogP contribution in [0.15, 0.2) is 28.9 Å². The summed E-state index contributed by atoms with van der Waals surface area (Å²) >= 11 is 3.47. The number of nitrogen functional groups attached to an aromatic ring is 1. The summed E-state index contributed by atoms with van der Waals surface area (Å²) in [4.78, 5) is 4.55. The van der Waals surface area contributed by atoms with Crippen molar-refractivity contribution in [2.75, 3.05) is 11.1 Å². The molecule has 3 nitrogen and oxygen atoms in total. The molecular weight excluding hydrogens is 326 g/mol. The predicted molar refractivity (Wildman–Crippen MR) is 93.5 cm³/mol. The van der Waals surface area contributed by atoms with E-state index in [2.05, 4.69) is 39.2 Å². The normalized spacial score (nSPS) is 22.4. The van der Waals surface area contributed by atoms with Crippen molar-refractivity contribution in [2.45, 2.75) is 45.1 Å². The minimum atomic E-state index is 0.560. The Morgan fingerprint density at radius 1 is 1.29 bits per heavy atom. The Hall–Kier alpha value is -1.29. The first-order valence-corrected chi connectivity index (χ1v) is 8.57. The lowest BCUT2D eigenvalue weighted by molar-refractivity contribution is 0.330. The van der Waals surface area contributed by atoms with Crippen LogP contribution in [0.2, 0.25) is 0 Å². The number of fused-ring (bicyclic) bond motifs is 1. The molecule has 1 fully saturated rings. The van der Waals surface area contributed by atoms with Crippen molar-refractivity contribution >= 4 is 38.2 Å². The second-order valence-electron chi connectivity index (χ2n) is 6.02. The molecule has 1 aromatic heterocycles. The largest absolute Gasteiger partial charge is 0.398 e. The summed E-state index contributed by atoms with van der Waals surface area (Å²) in [6.45, 7) is 2.30. The quantitative estimate of drug-likeness (QED) is 0.771. The molecule has 112 valence electrons. The van der Waals surface area contributed by atoms with Gasteiger partial charge in [-0.05, 0) is 65.7 Å². The van der Waals surface area contributed by atoms with E-state index in [1.807, 2.05) is 18.3 Å². The average Bonchev–Trinajstić information content (AvgIpc) is 2.51. The van der Waals surface area contributed by atoms with E-state index in [1.165, 1.54) is 32.1 Å². The van der Waals surface area contributed by atoms with Gasteiger partial charge in [-0.15, -0.1) is 0 Å². The topological polar surface area (TPSA) is 50.9 Å². The number of anilines is 2. The molecule has 0 bridgehead atoms. The molecule has 0 aliphatic heterocycles. The van der Waals surface area contributed by atoms with Gasteiger partial charge in [-0.2, -0.15) is 0 Å². The highest BCUT2D eigenvalue weighted by molar-refractivity contribution is 9.10. The van der Waals surface area contributed by atoms with Crippen LogP contribution in [0.1, 0.15) is 39.0 Å². The van der Waals surface area contributed by atoms with Crippen LogP contribution in [0.5, 0.6) is 0 Å². The van der Waals surface area contributed by atoms with Gasteiger partial charge in [-0.3, -0.25) is 4.98 Å². The molecule has 3 rings (SSSR count). The van der Waals surface area contributed by atoms with E-state index < -0.39 is 0 Å². The molecule has 0 atom stereocenters. The van der Waals surface area contributed by atoms with Crippen molar-refractivity contribution in [2.24, 2.45) is 5.92 Å². The molecule has 0 radical (unpaired) electrons. The molecule has 1 heterocycles. The second-order valence-corrected chi connectivity index (χ2v) is 6.94. The van der Waals surface area contributed by atoms with Gasteiger partial charge in [0.15, 0.2) is 0 Å². The van der Waals surface area contributed by atoms with Crippen LogP contribution in [0, 0.1) is 5.92 Å². The van der Waals surface area contributed by atoms with E-state index in [-0.39, 0.29) is 0 Å². The molecule has 4 heteroatoms. The highest BCUT2D eigenvalue weighted by Crippen LogP contribution is 2.32. The van der Waals surface area contributed by atoms with E-state index in [4.69, 9.17) is 5.73 Å². The summed E-state index contributed by atoms with van der Waals surface area (Å²) in [6, 6.07) is 6.63. The van der Waals surface area contributed by atoms with Gasteiger partial charge in [0.05, 0.1) is 11.2 Å². The van der Waals surface area contributed by atoms with Crippen molar-refractivity contribution in [3.05, 3.63) is 28.9 Å². The van der Waals surface area contributed by atoms with Crippen LogP contribution in [-0.4, -0.2) is 11.0 Å². The number of pyridine rings is 1. The lowest BCUT2D eigenvalue weighted by Crippen LogP contribution is -2.26. The summed E-state index contributed by atoms with van der Waals surface area (Å²) < 4.78 is 0.960. The molecule has 1 aromatic carbocycles. The van der Waals surface area contributed by atoms with Gasteiger partial charge in [-0.1, -0.05) is 13.3 Å². The van der Waals surface area contributed by atoms with E-state index in [1.54, 1.807) is 0 Å². The van der Waals surface area contributed by atoms with E-state index >= 15 is 0 Å². The first-order chi connectivity index (χ1) is 10.2. The highest BCUT2D eigenvalue weighted by Gasteiger charge is 2.20.